The smallest absolute Gasteiger partial charge is 0.408 e. The van der Waals surface area contributed by atoms with Crippen molar-refractivity contribution in [3.8, 4) is 0 Å². The number of carboxylic acid groups (broad SMARTS) is 1. The van der Waals surface area contributed by atoms with Gasteiger partial charge >= 0.3 is 12.1 Å². The number of nitro benzene ring substituents is 1. The maximum atomic E-state index is 12.2. The number of carbonyl (C=O) groups excluding carboxylic acids is 2. The first-order valence-corrected chi connectivity index (χ1v) is 7.70. The Morgan fingerprint density at radius 1 is 1.23 bits per heavy atom. The van der Waals surface area contributed by atoms with Crippen LogP contribution in [0.5, 0.6) is 0 Å². The van der Waals surface area contributed by atoms with Crippen molar-refractivity contribution in [2.24, 2.45) is 0 Å². The van der Waals surface area contributed by atoms with Gasteiger partial charge in [0.2, 0.25) is 5.91 Å². The lowest BCUT2D eigenvalue weighted by atomic mass is 10.0. The highest BCUT2D eigenvalue weighted by atomic mass is 16.6. The number of non-ortho nitro benzene ring substituents is 1. The Morgan fingerprint density at radius 2 is 1.81 bits per heavy atom. The maximum Gasteiger partial charge on any atom is 0.408 e. The Morgan fingerprint density at radius 3 is 2.27 bits per heavy atom. The third-order valence-corrected chi connectivity index (χ3v) is 3.01. The molecule has 1 atom stereocenters. The average Bonchev–Trinajstić information content (AvgIpc) is 2.50. The molecule has 3 N–H and O–H groups in total. The number of aliphatic carboxylic acids is 1. The number of amides is 2. The van der Waals surface area contributed by atoms with E-state index in [9.17, 15) is 24.5 Å². The third-order valence-electron chi connectivity index (χ3n) is 3.01. The number of nitrogens with zero attached hydrogens (tertiary/aromatic N) is 1. The van der Waals surface area contributed by atoms with Gasteiger partial charge in [0.25, 0.3) is 5.69 Å². The van der Waals surface area contributed by atoms with E-state index in [0.29, 0.717) is 5.56 Å². The fraction of sp³-hybridized carbons (Fsp3) is 0.438. The second-order valence-electron chi connectivity index (χ2n) is 6.44. The van der Waals surface area contributed by atoms with Gasteiger partial charge in [-0.2, -0.15) is 0 Å². The number of hydrogen-bond acceptors (Lipinski definition) is 6. The van der Waals surface area contributed by atoms with E-state index < -0.39 is 41.1 Å². The lowest BCUT2D eigenvalue weighted by Gasteiger charge is -2.23. The van der Waals surface area contributed by atoms with E-state index >= 15 is 0 Å². The minimum Gasteiger partial charge on any atom is -0.480 e. The van der Waals surface area contributed by atoms with Crippen molar-refractivity contribution in [3.63, 3.8) is 0 Å². The van der Waals surface area contributed by atoms with Crippen molar-refractivity contribution in [3.05, 3.63) is 39.9 Å². The monoisotopic (exact) mass is 367 g/mol. The first-order valence-electron chi connectivity index (χ1n) is 7.70. The van der Waals surface area contributed by atoms with Crippen LogP contribution in [0.3, 0.4) is 0 Å². The molecular formula is C16H21N3O7. The number of benzene rings is 1. The van der Waals surface area contributed by atoms with E-state index in [0.717, 1.165) is 0 Å². The summed E-state index contributed by atoms with van der Waals surface area (Å²) in [6.45, 7) is 4.36. The van der Waals surface area contributed by atoms with Crippen LogP contribution in [0.15, 0.2) is 24.3 Å². The summed E-state index contributed by atoms with van der Waals surface area (Å²) in [6, 6.07) is 4.34. The number of ether oxygens (including phenoxy) is 1. The second kappa shape index (κ2) is 8.79. The number of nitro groups is 1. The van der Waals surface area contributed by atoms with E-state index in [-0.39, 0.29) is 12.1 Å². The molecule has 0 aliphatic heterocycles. The molecule has 142 valence electrons. The Kier molecular flexibility index (Phi) is 7.06. The SMILES string of the molecule is CC(C)(C)OC(=O)N[C@@H](Cc1ccc([N+](=O)[O-])cc1)C(=O)NCC(=O)O. The van der Waals surface area contributed by atoms with Gasteiger partial charge in [-0.05, 0) is 26.3 Å². The Bertz CT molecular complexity index is 680. The number of nitrogens with one attached hydrogen (secondary N) is 2. The molecule has 0 aromatic heterocycles. The van der Waals surface area contributed by atoms with Gasteiger partial charge in [0, 0.05) is 18.6 Å². The van der Waals surface area contributed by atoms with E-state index in [1.54, 1.807) is 20.8 Å². The molecule has 1 rings (SSSR count). The zero-order chi connectivity index (χ0) is 19.9. The Hall–Kier alpha value is -3.17. The molecule has 0 unspecified atom stereocenters. The van der Waals surface area contributed by atoms with Crippen LogP contribution in [0.1, 0.15) is 26.3 Å². The number of carboxylic acids is 1. The Labute approximate surface area is 149 Å². The molecule has 1 aromatic carbocycles. The third kappa shape index (κ3) is 7.60. The molecule has 26 heavy (non-hydrogen) atoms. The van der Waals surface area contributed by atoms with E-state index in [1.165, 1.54) is 24.3 Å². The highest BCUT2D eigenvalue weighted by Crippen LogP contribution is 2.14. The molecule has 0 fully saturated rings. The molecule has 10 heteroatoms. The van der Waals surface area contributed by atoms with Crippen molar-refractivity contribution in [2.45, 2.75) is 38.8 Å². The molecular weight excluding hydrogens is 346 g/mol. The lowest BCUT2D eigenvalue weighted by molar-refractivity contribution is -0.384. The predicted molar refractivity (Wildman–Crippen MR) is 90.6 cm³/mol. The zero-order valence-corrected chi connectivity index (χ0v) is 14.6. The normalized spacial score (nSPS) is 12.0. The van der Waals surface area contributed by atoms with Crippen LogP contribution < -0.4 is 10.6 Å². The fourth-order valence-corrected chi connectivity index (χ4v) is 1.93. The number of hydrogen-bond donors (Lipinski definition) is 3. The molecule has 0 saturated heterocycles. The summed E-state index contributed by atoms with van der Waals surface area (Å²) in [4.78, 5) is 44.8. The van der Waals surface area contributed by atoms with Crippen LogP contribution in [0.2, 0.25) is 0 Å². The van der Waals surface area contributed by atoms with Gasteiger partial charge in [-0.15, -0.1) is 0 Å². The Balaban J connectivity index is 2.88. The summed E-state index contributed by atoms with van der Waals surface area (Å²) in [6.07, 6.45) is -0.835. The topological polar surface area (TPSA) is 148 Å². The van der Waals surface area contributed by atoms with Crippen LogP contribution >= 0.6 is 0 Å². The highest BCUT2D eigenvalue weighted by molar-refractivity contribution is 5.88. The minimum absolute atomic E-state index is 0.00267. The van der Waals surface area contributed by atoms with Crippen molar-refractivity contribution < 1.29 is 29.2 Å². The van der Waals surface area contributed by atoms with E-state index in [4.69, 9.17) is 9.84 Å². The molecule has 0 heterocycles. The van der Waals surface area contributed by atoms with Crippen molar-refractivity contribution in [2.75, 3.05) is 6.54 Å². The molecule has 2 amide bonds. The van der Waals surface area contributed by atoms with Crippen molar-refractivity contribution in [1.82, 2.24) is 10.6 Å². The molecule has 0 radical (unpaired) electrons. The standard InChI is InChI=1S/C16H21N3O7/c1-16(2,3)26-15(23)18-12(14(22)17-9-13(20)21)8-10-4-6-11(7-5-10)19(24)25/h4-7,12H,8-9H2,1-3H3,(H,17,22)(H,18,23)(H,20,21)/t12-/m0/s1. The summed E-state index contributed by atoms with van der Waals surface area (Å²) in [5, 5.41) is 23.9. The van der Waals surface area contributed by atoms with Gasteiger partial charge in [0.15, 0.2) is 0 Å². The van der Waals surface area contributed by atoms with Gasteiger partial charge in [0.1, 0.15) is 18.2 Å². The molecule has 10 nitrogen and oxygen atoms in total. The zero-order valence-electron chi connectivity index (χ0n) is 14.6. The molecule has 0 spiro atoms. The fourth-order valence-electron chi connectivity index (χ4n) is 1.93. The lowest BCUT2D eigenvalue weighted by Crippen LogP contribution is -2.50. The summed E-state index contributed by atoms with van der Waals surface area (Å²) in [7, 11) is 0. The highest BCUT2D eigenvalue weighted by Gasteiger charge is 2.25. The van der Waals surface area contributed by atoms with Crippen molar-refractivity contribution in [1.29, 1.82) is 0 Å². The van der Waals surface area contributed by atoms with E-state index in [2.05, 4.69) is 10.6 Å². The van der Waals surface area contributed by atoms with Gasteiger partial charge < -0.3 is 20.5 Å². The summed E-state index contributed by atoms with van der Waals surface area (Å²) < 4.78 is 5.10. The van der Waals surface area contributed by atoms with Crippen LogP contribution in [0, 0.1) is 10.1 Å². The minimum atomic E-state index is -1.23. The first-order chi connectivity index (χ1) is 12.0. The van der Waals surface area contributed by atoms with Gasteiger partial charge in [-0.1, -0.05) is 12.1 Å². The van der Waals surface area contributed by atoms with Crippen LogP contribution in [0.4, 0.5) is 10.5 Å². The number of carbonyl (C=O) groups is 3. The quantitative estimate of drug-likeness (QED) is 0.485. The first kappa shape index (κ1) is 20.9. The molecule has 0 aliphatic carbocycles. The molecule has 0 bridgehead atoms. The number of rotatable bonds is 7. The summed E-state index contributed by atoms with van der Waals surface area (Å²) >= 11 is 0. The van der Waals surface area contributed by atoms with Crippen molar-refractivity contribution >= 4 is 23.7 Å². The molecule has 0 saturated carbocycles. The van der Waals surface area contributed by atoms with E-state index in [1.807, 2.05) is 0 Å². The molecule has 1 aromatic rings. The molecule has 0 aliphatic rings. The van der Waals surface area contributed by atoms with Gasteiger partial charge in [-0.25, -0.2) is 4.79 Å². The van der Waals surface area contributed by atoms with Gasteiger partial charge in [-0.3, -0.25) is 19.7 Å². The largest absolute Gasteiger partial charge is 0.480 e. The predicted octanol–water partition coefficient (Wildman–Crippen LogP) is 1.23. The summed E-state index contributed by atoms with van der Waals surface area (Å²) in [5.74, 6) is -1.94. The number of alkyl carbamates (subject to hydrolysis) is 1. The maximum absolute atomic E-state index is 12.2. The van der Waals surface area contributed by atoms with Crippen LogP contribution in [0.25, 0.3) is 0 Å². The average molecular weight is 367 g/mol. The van der Waals surface area contributed by atoms with Gasteiger partial charge in [0.05, 0.1) is 4.92 Å². The van der Waals surface area contributed by atoms with Crippen LogP contribution in [-0.2, 0) is 20.7 Å². The second-order valence-corrected chi connectivity index (χ2v) is 6.44. The van der Waals surface area contributed by atoms with Crippen LogP contribution in [-0.4, -0.2) is 46.2 Å². The summed E-state index contributed by atoms with van der Waals surface area (Å²) in [5.41, 5.74) is -0.345.